The minimum absolute atomic E-state index is 0.108. The van der Waals surface area contributed by atoms with E-state index in [9.17, 15) is 9.59 Å². The standard InChI is InChI=1S/C18H21NO3/c1-4-22-18(21)16(17(20)13(2)3)7-5-6-14-8-10-15(12-19)11-9-14/h5-6,8-11,13,16H,4,7H2,1-3H3/b6-5+. The molecule has 1 atom stereocenters. The van der Waals surface area contributed by atoms with Gasteiger partial charge >= 0.3 is 5.97 Å². The van der Waals surface area contributed by atoms with E-state index in [1.807, 2.05) is 18.2 Å². The van der Waals surface area contributed by atoms with E-state index >= 15 is 0 Å². The van der Waals surface area contributed by atoms with Crippen LogP contribution in [0.15, 0.2) is 30.3 Å². The molecule has 4 nitrogen and oxygen atoms in total. The molecule has 0 aromatic heterocycles. The minimum atomic E-state index is -0.755. The number of carbonyl (C=O) groups excluding carboxylic acids is 2. The fourth-order valence-corrected chi connectivity index (χ4v) is 1.98. The fraction of sp³-hybridized carbons (Fsp3) is 0.389. The number of nitrogens with zero attached hydrogens (tertiary/aromatic N) is 1. The van der Waals surface area contributed by atoms with Crippen molar-refractivity contribution < 1.29 is 14.3 Å². The quantitative estimate of drug-likeness (QED) is 0.572. The second kappa shape index (κ2) is 8.78. The topological polar surface area (TPSA) is 67.2 Å². The molecule has 0 aliphatic carbocycles. The number of allylic oxidation sites excluding steroid dienone is 1. The number of ether oxygens (including phenoxy) is 1. The SMILES string of the molecule is CCOC(=O)C(C/C=C/c1ccc(C#N)cc1)C(=O)C(C)C. The second-order valence-corrected chi connectivity index (χ2v) is 5.23. The van der Waals surface area contributed by atoms with Crippen LogP contribution in [0.4, 0.5) is 0 Å². The van der Waals surface area contributed by atoms with Gasteiger partial charge in [0.2, 0.25) is 0 Å². The predicted octanol–water partition coefficient (Wildman–Crippen LogP) is 3.37. The van der Waals surface area contributed by atoms with Crippen molar-refractivity contribution in [3.63, 3.8) is 0 Å². The minimum Gasteiger partial charge on any atom is -0.465 e. The molecule has 0 bridgehead atoms. The molecule has 0 heterocycles. The molecule has 0 aliphatic heterocycles. The first-order valence-corrected chi connectivity index (χ1v) is 7.36. The van der Waals surface area contributed by atoms with Crippen LogP contribution < -0.4 is 0 Å². The van der Waals surface area contributed by atoms with E-state index in [4.69, 9.17) is 10.00 Å². The molecule has 1 aromatic carbocycles. The summed E-state index contributed by atoms with van der Waals surface area (Å²) in [5.41, 5.74) is 1.51. The highest BCUT2D eigenvalue weighted by molar-refractivity contribution is 6.00. The molecule has 4 heteroatoms. The zero-order valence-electron chi connectivity index (χ0n) is 13.2. The van der Waals surface area contributed by atoms with E-state index in [1.165, 1.54) is 0 Å². The van der Waals surface area contributed by atoms with Gasteiger partial charge in [-0.2, -0.15) is 5.26 Å². The van der Waals surface area contributed by atoms with Gasteiger partial charge in [-0.05, 0) is 31.0 Å². The third-order valence-electron chi connectivity index (χ3n) is 3.21. The molecule has 116 valence electrons. The van der Waals surface area contributed by atoms with Gasteiger partial charge in [-0.25, -0.2) is 0 Å². The van der Waals surface area contributed by atoms with Gasteiger partial charge in [0.1, 0.15) is 11.7 Å². The van der Waals surface area contributed by atoms with Crippen LogP contribution in [0.25, 0.3) is 6.08 Å². The van der Waals surface area contributed by atoms with Crippen LogP contribution in [0.3, 0.4) is 0 Å². The zero-order chi connectivity index (χ0) is 16.5. The summed E-state index contributed by atoms with van der Waals surface area (Å²) >= 11 is 0. The van der Waals surface area contributed by atoms with Crippen LogP contribution in [-0.2, 0) is 14.3 Å². The summed E-state index contributed by atoms with van der Waals surface area (Å²) in [4.78, 5) is 24.0. The van der Waals surface area contributed by atoms with Crippen molar-refractivity contribution in [1.82, 2.24) is 0 Å². The number of carbonyl (C=O) groups is 2. The van der Waals surface area contributed by atoms with Crippen LogP contribution in [0, 0.1) is 23.2 Å². The van der Waals surface area contributed by atoms with Gasteiger partial charge in [0.15, 0.2) is 0 Å². The first-order valence-electron chi connectivity index (χ1n) is 7.36. The Kier molecular flexibility index (Phi) is 7.04. The molecule has 1 unspecified atom stereocenters. The maximum absolute atomic E-state index is 12.1. The summed E-state index contributed by atoms with van der Waals surface area (Å²) in [6.07, 6.45) is 3.94. The lowest BCUT2D eigenvalue weighted by atomic mass is 9.92. The van der Waals surface area contributed by atoms with Gasteiger partial charge in [-0.3, -0.25) is 9.59 Å². The molecule has 22 heavy (non-hydrogen) atoms. The van der Waals surface area contributed by atoms with Gasteiger partial charge in [0.05, 0.1) is 18.2 Å². The molecule has 0 saturated carbocycles. The first kappa shape index (κ1) is 17.6. The van der Waals surface area contributed by atoms with Crippen molar-refractivity contribution in [2.24, 2.45) is 11.8 Å². The summed E-state index contributed by atoms with van der Waals surface area (Å²) < 4.78 is 4.98. The maximum Gasteiger partial charge on any atom is 0.316 e. The van der Waals surface area contributed by atoms with Crippen LogP contribution >= 0.6 is 0 Å². The number of rotatable bonds is 7. The van der Waals surface area contributed by atoms with Crippen LogP contribution in [0.2, 0.25) is 0 Å². The lowest BCUT2D eigenvalue weighted by Crippen LogP contribution is -2.29. The Morgan fingerprint density at radius 3 is 2.41 bits per heavy atom. The molecule has 1 rings (SSSR count). The average molecular weight is 299 g/mol. The van der Waals surface area contributed by atoms with Gasteiger partial charge in [-0.1, -0.05) is 38.1 Å². The number of ketones is 1. The highest BCUT2D eigenvalue weighted by Gasteiger charge is 2.28. The first-order chi connectivity index (χ1) is 10.5. The van der Waals surface area contributed by atoms with Crippen LogP contribution in [0.1, 0.15) is 38.3 Å². The highest BCUT2D eigenvalue weighted by atomic mass is 16.5. The largest absolute Gasteiger partial charge is 0.465 e. The summed E-state index contributed by atoms with van der Waals surface area (Å²) in [7, 11) is 0. The van der Waals surface area contributed by atoms with E-state index in [2.05, 4.69) is 6.07 Å². The van der Waals surface area contributed by atoms with E-state index in [-0.39, 0.29) is 18.3 Å². The van der Waals surface area contributed by atoms with Crippen molar-refractivity contribution in [2.75, 3.05) is 6.61 Å². The number of Topliss-reactive ketones (excluding diaryl/α,β-unsaturated/α-hetero) is 1. The monoisotopic (exact) mass is 299 g/mol. The molecule has 1 aromatic rings. The Balaban J connectivity index is 2.77. The maximum atomic E-state index is 12.1. The van der Waals surface area contributed by atoms with Gasteiger partial charge in [0, 0.05) is 5.92 Å². The second-order valence-electron chi connectivity index (χ2n) is 5.23. The average Bonchev–Trinajstić information content (AvgIpc) is 2.51. The van der Waals surface area contributed by atoms with Crippen LogP contribution in [0.5, 0.6) is 0 Å². The van der Waals surface area contributed by atoms with Gasteiger partial charge < -0.3 is 4.74 Å². The molecule has 0 spiro atoms. The molecular weight excluding hydrogens is 278 g/mol. The van der Waals surface area contributed by atoms with Crippen molar-refractivity contribution in [1.29, 1.82) is 5.26 Å². The van der Waals surface area contributed by atoms with Crippen molar-refractivity contribution >= 4 is 17.8 Å². The number of esters is 1. The number of hydrogen-bond acceptors (Lipinski definition) is 4. The van der Waals surface area contributed by atoms with E-state index < -0.39 is 11.9 Å². The third-order valence-corrected chi connectivity index (χ3v) is 3.21. The number of benzene rings is 1. The Morgan fingerprint density at radius 1 is 1.27 bits per heavy atom. The Hall–Kier alpha value is -2.41. The lowest BCUT2D eigenvalue weighted by Gasteiger charge is -2.14. The Labute approximate surface area is 131 Å². The van der Waals surface area contributed by atoms with Gasteiger partial charge in [0.25, 0.3) is 0 Å². The smallest absolute Gasteiger partial charge is 0.316 e. The van der Waals surface area contributed by atoms with Crippen molar-refractivity contribution in [2.45, 2.75) is 27.2 Å². The molecule has 0 radical (unpaired) electrons. The Bertz CT molecular complexity index is 579. The van der Waals surface area contributed by atoms with Crippen molar-refractivity contribution in [3.8, 4) is 6.07 Å². The van der Waals surface area contributed by atoms with E-state index in [0.29, 0.717) is 12.0 Å². The van der Waals surface area contributed by atoms with Gasteiger partial charge in [-0.15, -0.1) is 0 Å². The molecule has 0 amide bonds. The molecule has 0 fully saturated rings. The number of nitriles is 1. The molecule has 0 saturated heterocycles. The molecule has 0 aliphatic rings. The predicted molar refractivity (Wildman–Crippen MR) is 84.8 cm³/mol. The third kappa shape index (κ3) is 5.17. The van der Waals surface area contributed by atoms with Crippen LogP contribution in [-0.4, -0.2) is 18.4 Å². The summed E-state index contributed by atoms with van der Waals surface area (Å²) in [6, 6.07) is 9.14. The Morgan fingerprint density at radius 2 is 1.91 bits per heavy atom. The lowest BCUT2D eigenvalue weighted by molar-refractivity contribution is -0.152. The highest BCUT2D eigenvalue weighted by Crippen LogP contribution is 2.15. The zero-order valence-corrected chi connectivity index (χ0v) is 13.2. The van der Waals surface area contributed by atoms with E-state index in [1.54, 1.807) is 39.0 Å². The molecular formula is C18H21NO3. The van der Waals surface area contributed by atoms with E-state index in [0.717, 1.165) is 5.56 Å². The fourth-order valence-electron chi connectivity index (χ4n) is 1.98. The molecule has 0 N–H and O–H groups in total. The van der Waals surface area contributed by atoms with Crippen molar-refractivity contribution in [3.05, 3.63) is 41.5 Å². The summed E-state index contributed by atoms with van der Waals surface area (Å²) in [5.74, 6) is -1.54. The summed E-state index contributed by atoms with van der Waals surface area (Å²) in [6.45, 7) is 5.54. The number of hydrogen-bond donors (Lipinski definition) is 0. The summed E-state index contributed by atoms with van der Waals surface area (Å²) in [5, 5.41) is 8.75. The normalized spacial score (nSPS) is 12.1.